The van der Waals surface area contributed by atoms with E-state index < -0.39 is 8.07 Å². The van der Waals surface area contributed by atoms with Crippen LogP contribution < -0.4 is 5.30 Å². The largest absolute Gasteiger partial charge is 0.263 e. The predicted octanol–water partition coefficient (Wildman–Crippen LogP) is 5.90. The van der Waals surface area contributed by atoms with Crippen molar-refractivity contribution in [3.05, 3.63) is 28.8 Å². The van der Waals surface area contributed by atoms with Gasteiger partial charge in [0.1, 0.15) is 0 Å². The van der Waals surface area contributed by atoms with Crippen molar-refractivity contribution in [1.82, 2.24) is 4.67 Å². The first-order valence-electron chi connectivity index (χ1n) is 9.29. The molecule has 1 aromatic rings. The first kappa shape index (κ1) is 19.5. The van der Waals surface area contributed by atoms with Crippen LogP contribution in [0.1, 0.15) is 70.6 Å². The number of nitrogens with zero attached hydrogens (tertiary/aromatic N) is 1. The molecular formula is C22H34NP. The highest BCUT2D eigenvalue weighted by atomic mass is 31.1. The molecule has 132 valence electrons. The summed E-state index contributed by atoms with van der Waals surface area (Å²) in [5, 5.41) is 1.49. The van der Waals surface area contributed by atoms with Crippen LogP contribution in [0.25, 0.3) is 0 Å². The molecule has 1 heterocycles. The fourth-order valence-electron chi connectivity index (χ4n) is 3.76. The van der Waals surface area contributed by atoms with Gasteiger partial charge in [-0.15, -0.1) is 0 Å². The molecule has 1 aliphatic rings. The van der Waals surface area contributed by atoms with Crippen LogP contribution >= 0.6 is 8.07 Å². The Labute approximate surface area is 151 Å². The van der Waals surface area contributed by atoms with E-state index >= 15 is 0 Å². The molecular weight excluding hydrogens is 309 g/mol. The molecule has 0 radical (unpaired) electrons. The Kier molecular flexibility index (Phi) is 6.17. The number of rotatable bonds is 2. The van der Waals surface area contributed by atoms with E-state index in [0.29, 0.717) is 12.1 Å². The van der Waals surface area contributed by atoms with Gasteiger partial charge in [-0.2, -0.15) is 0 Å². The van der Waals surface area contributed by atoms with E-state index in [1.165, 1.54) is 41.3 Å². The average Bonchev–Trinajstić information content (AvgIpc) is 2.41. The number of hydrogen-bond donors (Lipinski definition) is 0. The van der Waals surface area contributed by atoms with Crippen LogP contribution in [0.3, 0.4) is 0 Å². The van der Waals surface area contributed by atoms with Gasteiger partial charge in [-0.3, -0.25) is 4.67 Å². The maximum Gasteiger partial charge on any atom is 0.0772 e. The minimum atomic E-state index is -0.599. The third-order valence-corrected chi connectivity index (χ3v) is 7.46. The second kappa shape index (κ2) is 7.59. The second-order valence-corrected chi connectivity index (χ2v) is 10.3. The van der Waals surface area contributed by atoms with Gasteiger partial charge in [0.05, 0.1) is 8.07 Å². The molecule has 3 atom stereocenters. The summed E-state index contributed by atoms with van der Waals surface area (Å²) in [6.07, 6.45) is 3.94. The molecule has 0 saturated carbocycles. The molecule has 1 aromatic carbocycles. The Morgan fingerprint density at radius 1 is 1.00 bits per heavy atom. The van der Waals surface area contributed by atoms with E-state index in [9.17, 15) is 0 Å². The van der Waals surface area contributed by atoms with Gasteiger partial charge in [0.25, 0.3) is 0 Å². The highest BCUT2D eigenvalue weighted by Crippen LogP contribution is 2.47. The summed E-state index contributed by atoms with van der Waals surface area (Å²) >= 11 is 0. The van der Waals surface area contributed by atoms with Crippen molar-refractivity contribution in [2.45, 2.75) is 86.7 Å². The van der Waals surface area contributed by atoms with Crippen LogP contribution in [0.15, 0.2) is 12.1 Å². The molecule has 1 fully saturated rings. The van der Waals surface area contributed by atoms with E-state index in [2.05, 4.69) is 83.8 Å². The number of hydrogen-bond acceptors (Lipinski definition) is 1. The summed E-state index contributed by atoms with van der Waals surface area (Å²) in [7, 11) is -0.599. The first-order valence-corrected chi connectivity index (χ1v) is 10.6. The molecule has 0 aliphatic carbocycles. The smallest absolute Gasteiger partial charge is 0.0772 e. The molecule has 24 heavy (non-hydrogen) atoms. The van der Waals surface area contributed by atoms with Crippen LogP contribution in [0.2, 0.25) is 0 Å². The van der Waals surface area contributed by atoms with Crippen molar-refractivity contribution in [1.29, 1.82) is 0 Å². The highest BCUT2D eigenvalue weighted by Gasteiger charge is 2.33. The molecule has 0 amide bonds. The second-order valence-electron chi connectivity index (χ2n) is 8.55. The van der Waals surface area contributed by atoms with Gasteiger partial charge in [0.2, 0.25) is 0 Å². The van der Waals surface area contributed by atoms with Crippen molar-refractivity contribution in [2.24, 2.45) is 5.41 Å². The van der Waals surface area contributed by atoms with Gasteiger partial charge < -0.3 is 0 Å². The standard InChI is InChI=1S/C22H34NP/c1-16-14-17(2)21(18(3)15-16)24(13-12-22(6,7)8)23-19(4)10-9-11-20(23)5/h14-15,19-20H,9-11H2,1-8H3. The van der Waals surface area contributed by atoms with Crippen LogP contribution in [0.5, 0.6) is 0 Å². The van der Waals surface area contributed by atoms with E-state index in [1.54, 1.807) is 0 Å². The third-order valence-electron chi connectivity index (χ3n) is 4.76. The third kappa shape index (κ3) is 4.62. The Balaban J connectivity index is 2.57. The zero-order valence-electron chi connectivity index (χ0n) is 16.8. The van der Waals surface area contributed by atoms with Crippen molar-refractivity contribution >= 4 is 13.4 Å². The molecule has 1 saturated heterocycles. The Hall–Kier alpha value is -0.830. The van der Waals surface area contributed by atoms with Crippen molar-refractivity contribution < 1.29 is 0 Å². The summed E-state index contributed by atoms with van der Waals surface area (Å²) in [6, 6.07) is 5.90. The lowest BCUT2D eigenvalue weighted by Gasteiger charge is -2.43. The molecule has 3 unspecified atom stereocenters. The fraction of sp³-hybridized carbons (Fsp3) is 0.636. The zero-order chi connectivity index (χ0) is 18.1. The van der Waals surface area contributed by atoms with Gasteiger partial charge in [-0.05, 0) is 79.4 Å². The maximum absolute atomic E-state index is 3.75. The predicted molar refractivity (Wildman–Crippen MR) is 109 cm³/mol. The molecule has 2 rings (SSSR count). The van der Waals surface area contributed by atoms with Crippen molar-refractivity contribution in [3.8, 4) is 11.6 Å². The summed E-state index contributed by atoms with van der Waals surface area (Å²) in [6.45, 7) is 18.2. The Bertz CT molecular complexity index is 611. The highest BCUT2D eigenvalue weighted by molar-refractivity contribution is 7.68. The number of piperidine rings is 1. The normalized spacial score (nSPS) is 23.5. The quantitative estimate of drug-likeness (QED) is 0.477. The van der Waals surface area contributed by atoms with E-state index in [1.807, 2.05) is 0 Å². The maximum atomic E-state index is 3.75. The summed E-state index contributed by atoms with van der Waals surface area (Å²) < 4.78 is 2.74. The summed E-state index contributed by atoms with van der Waals surface area (Å²) in [5.41, 5.74) is 7.97. The first-order chi connectivity index (χ1) is 11.1. The van der Waals surface area contributed by atoms with E-state index in [0.717, 1.165) is 0 Å². The van der Waals surface area contributed by atoms with E-state index in [-0.39, 0.29) is 5.41 Å². The lowest BCUT2D eigenvalue weighted by Crippen LogP contribution is -2.42. The minimum Gasteiger partial charge on any atom is -0.263 e. The average molecular weight is 343 g/mol. The summed E-state index contributed by atoms with van der Waals surface area (Å²) in [5.74, 6) is 3.57. The lowest BCUT2D eigenvalue weighted by atomic mass is 9.99. The molecule has 0 spiro atoms. The topological polar surface area (TPSA) is 3.24 Å². The fourth-order valence-corrected chi connectivity index (χ4v) is 6.47. The van der Waals surface area contributed by atoms with Crippen LogP contribution in [-0.2, 0) is 0 Å². The molecule has 0 N–H and O–H groups in total. The SMILES string of the molecule is Cc1cc(C)c(P(C#CC(C)(C)C)N2C(C)CCCC2C)c(C)c1. The zero-order valence-corrected chi connectivity index (χ0v) is 17.7. The van der Waals surface area contributed by atoms with Gasteiger partial charge in [-0.1, -0.05) is 35.7 Å². The van der Waals surface area contributed by atoms with Crippen LogP contribution in [0, 0.1) is 37.8 Å². The Morgan fingerprint density at radius 3 is 1.96 bits per heavy atom. The van der Waals surface area contributed by atoms with Crippen LogP contribution in [-0.4, -0.2) is 16.8 Å². The lowest BCUT2D eigenvalue weighted by molar-refractivity contribution is 0.217. The van der Waals surface area contributed by atoms with Gasteiger partial charge in [-0.25, -0.2) is 0 Å². The Morgan fingerprint density at radius 2 is 1.50 bits per heavy atom. The number of benzene rings is 1. The molecule has 0 bridgehead atoms. The molecule has 1 aliphatic heterocycles. The molecule has 1 nitrogen and oxygen atoms in total. The van der Waals surface area contributed by atoms with Crippen molar-refractivity contribution in [3.63, 3.8) is 0 Å². The van der Waals surface area contributed by atoms with Crippen LogP contribution in [0.4, 0.5) is 0 Å². The van der Waals surface area contributed by atoms with E-state index in [4.69, 9.17) is 0 Å². The minimum absolute atomic E-state index is 0.0509. The van der Waals surface area contributed by atoms with Gasteiger partial charge in [0.15, 0.2) is 0 Å². The monoisotopic (exact) mass is 343 g/mol. The molecule has 2 heteroatoms. The number of aryl methyl sites for hydroxylation is 3. The van der Waals surface area contributed by atoms with Gasteiger partial charge in [0, 0.05) is 22.8 Å². The molecule has 0 aromatic heterocycles. The van der Waals surface area contributed by atoms with Gasteiger partial charge >= 0.3 is 0 Å². The summed E-state index contributed by atoms with van der Waals surface area (Å²) in [4.78, 5) is 0. The van der Waals surface area contributed by atoms with Crippen molar-refractivity contribution in [2.75, 3.05) is 0 Å².